The lowest BCUT2D eigenvalue weighted by Gasteiger charge is -2.18. The van der Waals surface area contributed by atoms with Crippen LogP contribution in [0.3, 0.4) is 0 Å². The lowest BCUT2D eigenvalue weighted by molar-refractivity contribution is -0.125. The maximum Gasteiger partial charge on any atom is 0.359 e. The molecule has 7 heteroatoms. The van der Waals surface area contributed by atoms with E-state index in [1.54, 1.807) is 66.2 Å². The lowest BCUT2D eigenvalue weighted by Crippen LogP contribution is -2.26. The topological polar surface area (TPSA) is 81.9 Å². The second-order valence-electron chi connectivity index (χ2n) is 7.01. The van der Waals surface area contributed by atoms with Crippen molar-refractivity contribution in [2.75, 3.05) is 12.4 Å². The molecular weight excluding hydrogens is 394 g/mol. The van der Waals surface area contributed by atoms with Gasteiger partial charge >= 0.3 is 5.97 Å². The molecular formula is C24H21N3O4. The zero-order valence-electron chi connectivity index (χ0n) is 17.1. The number of benzene rings is 2. The molecule has 0 saturated heterocycles. The van der Waals surface area contributed by atoms with Crippen LogP contribution in [0.4, 0.5) is 5.69 Å². The van der Waals surface area contributed by atoms with Gasteiger partial charge < -0.3 is 19.2 Å². The van der Waals surface area contributed by atoms with Crippen LogP contribution >= 0.6 is 0 Å². The Morgan fingerprint density at radius 3 is 2.61 bits per heavy atom. The van der Waals surface area contributed by atoms with Crippen LogP contribution in [-0.2, 0) is 9.53 Å². The molecule has 0 spiro atoms. The van der Waals surface area contributed by atoms with Gasteiger partial charge in [-0.15, -0.1) is 0 Å². The molecule has 31 heavy (non-hydrogen) atoms. The number of imidazole rings is 1. The van der Waals surface area contributed by atoms with Gasteiger partial charge in [-0.25, -0.2) is 9.78 Å². The van der Waals surface area contributed by atoms with Crippen LogP contribution in [0.5, 0.6) is 5.75 Å². The summed E-state index contributed by atoms with van der Waals surface area (Å²) in [5.74, 6) is -0.561. The fraction of sp³-hybridized carbons (Fsp3) is 0.125. The highest BCUT2D eigenvalue weighted by atomic mass is 16.5. The maximum atomic E-state index is 13.0. The van der Waals surface area contributed by atoms with Crippen LogP contribution in [0.25, 0.3) is 5.65 Å². The Hall–Kier alpha value is -4.13. The number of nitrogens with one attached hydrogen (secondary N) is 1. The Balaban J connectivity index is 1.59. The molecule has 0 saturated carbocycles. The van der Waals surface area contributed by atoms with Gasteiger partial charge in [-0.3, -0.25) is 4.79 Å². The van der Waals surface area contributed by atoms with E-state index in [2.05, 4.69) is 10.3 Å². The van der Waals surface area contributed by atoms with E-state index in [0.717, 1.165) is 5.56 Å². The summed E-state index contributed by atoms with van der Waals surface area (Å²) in [6, 6.07) is 19.6. The number of rotatable bonds is 6. The molecule has 0 aliphatic carbocycles. The van der Waals surface area contributed by atoms with Crippen LogP contribution in [0.15, 0.2) is 79.1 Å². The number of nitrogens with zero attached hydrogens (tertiary/aromatic N) is 2. The van der Waals surface area contributed by atoms with Crippen molar-refractivity contribution >= 4 is 23.2 Å². The number of anilines is 1. The van der Waals surface area contributed by atoms with Crippen LogP contribution < -0.4 is 10.1 Å². The minimum atomic E-state index is -1.15. The predicted molar refractivity (Wildman–Crippen MR) is 116 cm³/mol. The summed E-state index contributed by atoms with van der Waals surface area (Å²) in [5.41, 5.74) is 2.86. The average Bonchev–Trinajstić information content (AvgIpc) is 3.21. The van der Waals surface area contributed by atoms with Crippen LogP contribution in [0.1, 0.15) is 27.7 Å². The van der Waals surface area contributed by atoms with E-state index >= 15 is 0 Å². The molecule has 1 unspecified atom stereocenters. The number of aryl methyl sites for hydroxylation is 1. The summed E-state index contributed by atoms with van der Waals surface area (Å²) in [7, 11) is 1.55. The molecule has 1 amide bonds. The Morgan fingerprint density at radius 2 is 1.84 bits per heavy atom. The predicted octanol–water partition coefficient (Wildman–Crippen LogP) is 4.19. The Labute approximate surface area is 179 Å². The minimum absolute atomic E-state index is 0.126. The van der Waals surface area contributed by atoms with Gasteiger partial charge in [0.1, 0.15) is 11.4 Å². The van der Waals surface area contributed by atoms with E-state index < -0.39 is 18.0 Å². The van der Waals surface area contributed by atoms with Crippen molar-refractivity contribution in [3.05, 3.63) is 95.9 Å². The fourth-order valence-corrected chi connectivity index (χ4v) is 3.16. The van der Waals surface area contributed by atoms with E-state index in [1.807, 2.05) is 31.3 Å². The van der Waals surface area contributed by atoms with Gasteiger partial charge in [-0.05, 0) is 36.8 Å². The van der Waals surface area contributed by atoms with Crippen molar-refractivity contribution < 1.29 is 19.1 Å². The fourth-order valence-electron chi connectivity index (χ4n) is 3.16. The monoisotopic (exact) mass is 415 g/mol. The summed E-state index contributed by atoms with van der Waals surface area (Å²) < 4.78 is 12.5. The lowest BCUT2D eigenvalue weighted by atomic mass is 10.1. The largest absolute Gasteiger partial charge is 0.497 e. The summed E-state index contributed by atoms with van der Waals surface area (Å²) in [6.45, 7) is 1.95. The van der Waals surface area contributed by atoms with Crippen molar-refractivity contribution in [3.8, 4) is 5.75 Å². The van der Waals surface area contributed by atoms with E-state index in [-0.39, 0.29) is 5.69 Å². The number of esters is 1. The third kappa shape index (κ3) is 4.56. The molecule has 0 fully saturated rings. The van der Waals surface area contributed by atoms with E-state index in [0.29, 0.717) is 22.6 Å². The van der Waals surface area contributed by atoms with Gasteiger partial charge in [-0.2, -0.15) is 0 Å². The SMILES string of the molecule is COc1cccc(NC(=O)C(OC(=O)c2cn3ccc(C)cc3n2)c2ccccc2)c1. The summed E-state index contributed by atoms with van der Waals surface area (Å²) >= 11 is 0. The molecule has 4 aromatic rings. The third-order valence-corrected chi connectivity index (χ3v) is 4.73. The zero-order valence-corrected chi connectivity index (χ0v) is 17.1. The molecule has 4 rings (SSSR count). The number of methoxy groups -OCH3 is 1. The third-order valence-electron chi connectivity index (χ3n) is 4.73. The number of carbonyl (C=O) groups is 2. The van der Waals surface area contributed by atoms with Crippen LogP contribution in [0.2, 0.25) is 0 Å². The number of pyridine rings is 1. The summed E-state index contributed by atoms with van der Waals surface area (Å²) in [5, 5.41) is 2.78. The first-order valence-corrected chi connectivity index (χ1v) is 9.70. The second kappa shape index (κ2) is 8.71. The standard InChI is InChI=1S/C24H21N3O4/c1-16-11-12-27-15-20(26-21(27)13-16)24(29)31-22(17-7-4-3-5-8-17)23(28)25-18-9-6-10-19(14-18)30-2/h3-15,22H,1-2H3,(H,25,28). The van der Waals surface area contributed by atoms with Crippen molar-refractivity contribution in [1.29, 1.82) is 0 Å². The van der Waals surface area contributed by atoms with Gasteiger partial charge in [0.15, 0.2) is 5.69 Å². The van der Waals surface area contributed by atoms with Crippen molar-refractivity contribution in [2.45, 2.75) is 13.0 Å². The number of fused-ring (bicyclic) bond motifs is 1. The smallest absolute Gasteiger partial charge is 0.359 e. The van der Waals surface area contributed by atoms with Gasteiger partial charge in [-0.1, -0.05) is 36.4 Å². The van der Waals surface area contributed by atoms with Crippen molar-refractivity contribution in [3.63, 3.8) is 0 Å². The second-order valence-corrected chi connectivity index (χ2v) is 7.01. The van der Waals surface area contributed by atoms with E-state index in [4.69, 9.17) is 9.47 Å². The van der Waals surface area contributed by atoms with Crippen molar-refractivity contribution in [1.82, 2.24) is 9.38 Å². The number of amides is 1. The molecule has 1 atom stereocenters. The van der Waals surface area contributed by atoms with Gasteiger partial charge in [0.25, 0.3) is 5.91 Å². The Morgan fingerprint density at radius 1 is 1.03 bits per heavy atom. The normalized spacial score (nSPS) is 11.7. The molecule has 0 aliphatic heterocycles. The molecule has 7 nitrogen and oxygen atoms in total. The highest BCUT2D eigenvalue weighted by molar-refractivity contribution is 5.98. The molecule has 0 radical (unpaired) electrons. The number of hydrogen-bond donors (Lipinski definition) is 1. The van der Waals surface area contributed by atoms with Crippen LogP contribution in [-0.4, -0.2) is 28.4 Å². The van der Waals surface area contributed by atoms with Gasteiger partial charge in [0.2, 0.25) is 6.10 Å². The zero-order chi connectivity index (χ0) is 21.8. The van der Waals surface area contributed by atoms with Gasteiger partial charge in [0, 0.05) is 29.7 Å². The first kappa shape index (κ1) is 20.2. The summed E-state index contributed by atoms with van der Waals surface area (Å²) in [4.78, 5) is 30.2. The number of hydrogen-bond acceptors (Lipinski definition) is 5. The quantitative estimate of drug-likeness (QED) is 0.478. The minimum Gasteiger partial charge on any atom is -0.497 e. The molecule has 0 bridgehead atoms. The number of aromatic nitrogens is 2. The number of carbonyl (C=O) groups excluding carboxylic acids is 2. The highest BCUT2D eigenvalue weighted by Gasteiger charge is 2.27. The average molecular weight is 415 g/mol. The van der Waals surface area contributed by atoms with E-state index in [1.165, 1.54) is 0 Å². The molecule has 2 aromatic heterocycles. The Kier molecular flexibility index (Phi) is 5.66. The maximum absolute atomic E-state index is 13.0. The summed E-state index contributed by atoms with van der Waals surface area (Å²) in [6.07, 6.45) is 2.25. The highest BCUT2D eigenvalue weighted by Crippen LogP contribution is 2.23. The molecule has 2 aromatic carbocycles. The first-order chi connectivity index (χ1) is 15.0. The van der Waals surface area contributed by atoms with E-state index in [9.17, 15) is 9.59 Å². The molecule has 2 heterocycles. The van der Waals surface area contributed by atoms with Gasteiger partial charge in [0.05, 0.1) is 7.11 Å². The number of ether oxygens (including phenoxy) is 2. The Bertz CT molecular complexity index is 1230. The molecule has 1 N–H and O–H groups in total. The molecule has 156 valence electrons. The van der Waals surface area contributed by atoms with Crippen molar-refractivity contribution in [2.24, 2.45) is 0 Å². The van der Waals surface area contributed by atoms with Crippen LogP contribution in [0, 0.1) is 6.92 Å². The molecule has 0 aliphatic rings. The first-order valence-electron chi connectivity index (χ1n) is 9.70.